The molecule has 25 heavy (non-hydrogen) atoms. The van der Waals surface area contributed by atoms with E-state index in [-0.39, 0.29) is 29.9 Å². The van der Waals surface area contributed by atoms with Gasteiger partial charge in [-0.05, 0) is 11.6 Å². The van der Waals surface area contributed by atoms with Gasteiger partial charge in [-0.2, -0.15) is 4.98 Å². The number of amides is 1. The highest BCUT2D eigenvalue weighted by Crippen LogP contribution is 2.30. The maximum Gasteiger partial charge on any atom is 0.242 e. The summed E-state index contributed by atoms with van der Waals surface area (Å²) in [6, 6.07) is 6.57. The van der Waals surface area contributed by atoms with E-state index in [1.807, 2.05) is 11.0 Å². The first-order valence-electron chi connectivity index (χ1n) is 7.59. The molecule has 10 heteroatoms. The predicted molar refractivity (Wildman–Crippen MR) is 90.5 cm³/mol. The van der Waals surface area contributed by atoms with Crippen molar-refractivity contribution in [3.8, 4) is 0 Å². The summed E-state index contributed by atoms with van der Waals surface area (Å²) in [5.41, 5.74) is 0.692. The molecule has 1 aliphatic rings. The summed E-state index contributed by atoms with van der Waals surface area (Å²) in [5.74, 6) is -0.0841. The third-order valence-corrected chi connectivity index (χ3v) is 4.88. The average Bonchev–Trinajstić information content (AvgIpc) is 2.94. The summed E-state index contributed by atoms with van der Waals surface area (Å²) in [5, 5.41) is 7.01. The fraction of sp³-hybridized carbons (Fsp3) is 0.400. The minimum Gasteiger partial charge on any atom is -0.353 e. The van der Waals surface area contributed by atoms with Gasteiger partial charge in [0.15, 0.2) is 15.7 Å². The summed E-state index contributed by atoms with van der Waals surface area (Å²) in [4.78, 5) is 18.4. The van der Waals surface area contributed by atoms with Gasteiger partial charge < -0.3 is 9.84 Å². The maximum atomic E-state index is 12.4. The van der Waals surface area contributed by atoms with Gasteiger partial charge >= 0.3 is 0 Å². The third kappa shape index (κ3) is 4.36. The highest BCUT2D eigenvalue weighted by molar-refractivity contribution is 7.89. The Bertz CT molecular complexity index is 883. The van der Waals surface area contributed by atoms with Crippen molar-refractivity contribution in [2.45, 2.75) is 18.3 Å². The van der Waals surface area contributed by atoms with E-state index in [9.17, 15) is 13.2 Å². The van der Waals surface area contributed by atoms with Crippen LogP contribution in [0.25, 0.3) is 0 Å². The van der Waals surface area contributed by atoms with Gasteiger partial charge in [-0.15, -0.1) is 0 Å². The Morgan fingerprint density at radius 2 is 2.16 bits per heavy atom. The Hall–Kier alpha value is -1.97. The summed E-state index contributed by atoms with van der Waals surface area (Å²) in [7, 11) is -3.25. The molecule has 3 rings (SSSR count). The number of nitrogens with zero attached hydrogens (tertiary/aromatic N) is 3. The molecule has 1 N–H and O–H groups in total. The minimum absolute atomic E-state index is 0.105. The van der Waals surface area contributed by atoms with Gasteiger partial charge in [0.2, 0.25) is 11.8 Å². The first kappa shape index (κ1) is 17.8. The summed E-state index contributed by atoms with van der Waals surface area (Å²) < 4.78 is 27.8. The fourth-order valence-corrected chi connectivity index (χ4v) is 3.57. The minimum atomic E-state index is -3.25. The molecule has 1 aliphatic heterocycles. The lowest BCUT2D eigenvalue weighted by Crippen LogP contribution is -2.49. The standard InChI is InChI=1S/C15H17ClN4O4S/c1-25(22,23)9-12-18-13(24-19-12)8-20-7-6-17-15(21)14(20)10-4-2-3-5-11(10)16/h2-5,14H,6-9H2,1H3,(H,17,21). The lowest BCUT2D eigenvalue weighted by molar-refractivity contribution is -0.129. The molecule has 1 unspecified atom stereocenters. The smallest absolute Gasteiger partial charge is 0.242 e. The van der Waals surface area contributed by atoms with Crippen molar-refractivity contribution in [1.29, 1.82) is 0 Å². The van der Waals surface area contributed by atoms with E-state index < -0.39 is 15.9 Å². The van der Waals surface area contributed by atoms with Gasteiger partial charge in [0.05, 0.1) is 6.54 Å². The molecule has 1 aromatic carbocycles. The van der Waals surface area contributed by atoms with Crippen LogP contribution in [0.15, 0.2) is 28.8 Å². The number of piperazine rings is 1. The molecule has 8 nitrogen and oxygen atoms in total. The predicted octanol–water partition coefficient (Wildman–Crippen LogP) is 0.941. The van der Waals surface area contributed by atoms with Crippen molar-refractivity contribution in [1.82, 2.24) is 20.4 Å². The van der Waals surface area contributed by atoms with Crippen molar-refractivity contribution < 1.29 is 17.7 Å². The number of benzene rings is 1. The zero-order chi connectivity index (χ0) is 18.0. The number of aromatic nitrogens is 2. The fourth-order valence-electron chi connectivity index (χ4n) is 2.74. The second-order valence-electron chi connectivity index (χ2n) is 5.86. The number of nitrogens with one attached hydrogen (secondary N) is 1. The van der Waals surface area contributed by atoms with Crippen LogP contribution in [0.4, 0.5) is 0 Å². The van der Waals surface area contributed by atoms with Crippen LogP contribution >= 0.6 is 11.6 Å². The van der Waals surface area contributed by atoms with Crippen molar-refractivity contribution in [2.75, 3.05) is 19.3 Å². The Labute approximate surface area is 150 Å². The molecule has 1 saturated heterocycles. The van der Waals surface area contributed by atoms with Crippen molar-refractivity contribution in [2.24, 2.45) is 0 Å². The van der Waals surface area contributed by atoms with E-state index >= 15 is 0 Å². The molecule has 0 radical (unpaired) electrons. The normalized spacial score (nSPS) is 19.0. The van der Waals surface area contributed by atoms with Crippen molar-refractivity contribution in [3.05, 3.63) is 46.6 Å². The maximum absolute atomic E-state index is 12.4. The first-order valence-corrected chi connectivity index (χ1v) is 10.0. The quantitative estimate of drug-likeness (QED) is 0.817. The van der Waals surface area contributed by atoms with E-state index in [0.717, 1.165) is 6.26 Å². The van der Waals surface area contributed by atoms with Crippen LogP contribution in [0.2, 0.25) is 5.02 Å². The van der Waals surface area contributed by atoms with Crippen LogP contribution in [0.5, 0.6) is 0 Å². The molecule has 1 amide bonds. The van der Waals surface area contributed by atoms with Crippen molar-refractivity contribution >= 4 is 27.3 Å². The number of sulfone groups is 1. The second kappa shape index (κ2) is 7.11. The second-order valence-corrected chi connectivity index (χ2v) is 8.41. The zero-order valence-corrected chi connectivity index (χ0v) is 15.0. The first-order chi connectivity index (χ1) is 11.8. The number of halogens is 1. The monoisotopic (exact) mass is 384 g/mol. The van der Waals surface area contributed by atoms with Gasteiger partial charge in [0.25, 0.3) is 0 Å². The average molecular weight is 385 g/mol. The summed E-state index contributed by atoms with van der Waals surface area (Å²) in [6.07, 6.45) is 1.10. The van der Waals surface area contributed by atoms with Crippen LogP contribution in [-0.2, 0) is 26.9 Å². The molecular weight excluding hydrogens is 368 g/mol. The third-order valence-electron chi connectivity index (χ3n) is 3.75. The number of rotatable bonds is 5. The van der Waals surface area contributed by atoms with Gasteiger partial charge in [-0.25, -0.2) is 8.42 Å². The van der Waals surface area contributed by atoms with Gasteiger partial charge in [0.1, 0.15) is 11.8 Å². The Kier molecular flexibility index (Phi) is 5.07. The Morgan fingerprint density at radius 3 is 2.88 bits per heavy atom. The number of carbonyl (C=O) groups is 1. The van der Waals surface area contributed by atoms with E-state index in [0.29, 0.717) is 23.7 Å². The summed E-state index contributed by atoms with van der Waals surface area (Å²) >= 11 is 6.24. The van der Waals surface area contributed by atoms with E-state index in [2.05, 4.69) is 15.5 Å². The van der Waals surface area contributed by atoms with Crippen LogP contribution in [-0.4, -0.2) is 48.7 Å². The van der Waals surface area contributed by atoms with E-state index in [1.165, 1.54) is 0 Å². The van der Waals surface area contributed by atoms with E-state index in [1.54, 1.807) is 18.2 Å². The van der Waals surface area contributed by atoms with Gasteiger partial charge in [0, 0.05) is 24.4 Å². The molecular formula is C15H17ClN4O4S. The number of hydrogen-bond donors (Lipinski definition) is 1. The van der Waals surface area contributed by atoms with Crippen LogP contribution in [0.3, 0.4) is 0 Å². The lowest BCUT2D eigenvalue weighted by Gasteiger charge is -2.34. The van der Waals surface area contributed by atoms with Gasteiger partial charge in [-0.3, -0.25) is 9.69 Å². The van der Waals surface area contributed by atoms with Gasteiger partial charge in [-0.1, -0.05) is 35.0 Å². The van der Waals surface area contributed by atoms with Crippen LogP contribution < -0.4 is 5.32 Å². The molecule has 134 valence electrons. The largest absolute Gasteiger partial charge is 0.353 e. The topological polar surface area (TPSA) is 105 Å². The molecule has 1 aromatic heterocycles. The molecule has 0 spiro atoms. The van der Waals surface area contributed by atoms with Crippen molar-refractivity contribution in [3.63, 3.8) is 0 Å². The molecule has 0 bridgehead atoms. The Morgan fingerprint density at radius 1 is 1.40 bits per heavy atom. The number of hydrogen-bond acceptors (Lipinski definition) is 7. The SMILES string of the molecule is CS(=O)(=O)Cc1noc(CN2CCNC(=O)C2c2ccccc2Cl)n1. The Balaban J connectivity index is 1.82. The van der Waals surface area contributed by atoms with Crippen LogP contribution in [0.1, 0.15) is 23.3 Å². The molecule has 1 fully saturated rings. The zero-order valence-electron chi connectivity index (χ0n) is 13.5. The highest BCUT2D eigenvalue weighted by Gasteiger charge is 2.33. The molecule has 0 saturated carbocycles. The number of carbonyl (C=O) groups excluding carboxylic acids is 1. The molecule has 0 aliphatic carbocycles. The molecule has 2 aromatic rings. The van der Waals surface area contributed by atoms with E-state index in [4.69, 9.17) is 16.1 Å². The lowest BCUT2D eigenvalue weighted by atomic mass is 10.0. The summed E-state index contributed by atoms with van der Waals surface area (Å²) in [6.45, 7) is 1.29. The van der Waals surface area contributed by atoms with Crippen LogP contribution in [0, 0.1) is 0 Å². The molecule has 2 heterocycles. The highest BCUT2D eigenvalue weighted by atomic mass is 35.5. The molecule has 1 atom stereocenters.